The lowest BCUT2D eigenvalue weighted by Crippen LogP contribution is -2.47. The van der Waals surface area contributed by atoms with Crippen molar-refractivity contribution in [2.45, 2.75) is 13.0 Å². The molecule has 1 heterocycles. The maximum Gasteiger partial charge on any atom is 0.249 e. The van der Waals surface area contributed by atoms with E-state index in [9.17, 15) is 4.79 Å². The topological polar surface area (TPSA) is 38.3 Å². The Hall–Kier alpha value is -0.570. The van der Waals surface area contributed by atoms with Gasteiger partial charge in [-0.3, -0.25) is 4.79 Å². The zero-order chi connectivity index (χ0) is 9.35. The number of likely N-dealkylation sites (N-methyl/N-ethyl adjacent to an activating group) is 1. The van der Waals surface area contributed by atoms with Gasteiger partial charge in [0.25, 0.3) is 0 Å². The van der Waals surface area contributed by atoms with Crippen LogP contribution in [0.4, 0.5) is 0 Å². The summed E-state index contributed by atoms with van der Waals surface area (Å²) in [6.07, 6.45) is -0.662. The molecule has 1 fully saturated rings. The molecular formula is C6H10NO2. The SMILES string of the molecule is [2H]C([2H])([2H])NC(=O)C1OC[C]1C. The second kappa shape index (κ2) is 2.35. The van der Waals surface area contributed by atoms with E-state index in [2.05, 4.69) is 0 Å². The number of hydrogen-bond acceptors (Lipinski definition) is 2. The van der Waals surface area contributed by atoms with E-state index in [1.54, 1.807) is 6.92 Å². The van der Waals surface area contributed by atoms with Crippen LogP contribution >= 0.6 is 0 Å². The molecule has 1 saturated heterocycles. The number of amides is 1. The molecule has 3 heteroatoms. The lowest BCUT2D eigenvalue weighted by molar-refractivity contribution is -0.139. The summed E-state index contributed by atoms with van der Waals surface area (Å²) < 4.78 is 25.1. The Morgan fingerprint density at radius 2 is 2.89 bits per heavy atom. The summed E-state index contributed by atoms with van der Waals surface area (Å²) in [7, 11) is 0. The maximum atomic E-state index is 11.0. The summed E-state index contributed by atoms with van der Waals surface area (Å²) in [5.74, 6) is 0.274. The van der Waals surface area contributed by atoms with Gasteiger partial charge in [-0.2, -0.15) is 0 Å². The molecule has 0 aliphatic carbocycles. The predicted molar refractivity (Wildman–Crippen MR) is 32.7 cm³/mol. The van der Waals surface area contributed by atoms with E-state index in [0.29, 0.717) is 6.61 Å². The van der Waals surface area contributed by atoms with Crippen molar-refractivity contribution in [3.63, 3.8) is 0 Å². The normalized spacial score (nSPS) is 33.4. The summed E-state index contributed by atoms with van der Waals surface area (Å²) in [5, 5.41) is 1.87. The Balaban J connectivity index is 2.39. The average Bonchev–Trinajstić information content (AvgIpc) is 1.79. The van der Waals surface area contributed by atoms with Gasteiger partial charge in [-0.05, 0) is 0 Å². The van der Waals surface area contributed by atoms with E-state index >= 15 is 0 Å². The highest BCUT2D eigenvalue weighted by Crippen LogP contribution is 2.20. The van der Waals surface area contributed by atoms with Crippen molar-refractivity contribution in [2.75, 3.05) is 13.6 Å². The Bertz CT molecular complexity index is 192. The Morgan fingerprint density at radius 1 is 2.11 bits per heavy atom. The summed E-state index contributed by atoms with van der Waals surface area (Å²) in [6.45, 7) is -0.220. The molecule has 0 saturated carbocycles. The molecule has 51 valence electrons. The summed E-state index contributed by atoms with van der Waals surface area (Å²) >= 11 is 0. The second-order valence-electron chi connectivity index (χ2n) is 2.03. The molecule has 9 heavy (non-hydrogen) atoms. The first-order valence-corrected chi connectivity index (χ1v) is 2.66. The van der Waals surface area contributed by atoms with Gasteiger partial charge in [-0.1, -0.05) is 6.92 Å². The number of nitrogens with one attached hydrogen (secondary N) is 1. The monoisotopic (exact) mass is 131 g/mol. The molecule has 0 bridgehead atoms. The largest absolute Gasteiger partial charge is 0.367 e. The van der Waals surface area contributed by atoms with Crippen LogP contribution in [-0.4, -0.2) is 25.6 Å². The fraction of sp³-hybridized carbons (Fsp3) is 0.667. The number of hydrogen-bond donors (Lipinski definition) is 1. The van der Waals surface area contributed by atoms with Crippen LogP contribution in [0, 0.1) is 5.92 Å². The minimum atomic E-state index is -2.42. The molecule has 1 unspecified atom stereocenters. The summed E-state index contributed by atoms with van der Waals surface area (Å²) in [4.78, 5) is 11.0. The van der Waals surface area contributed by atoms with Crippen LogP contribution in [0.25, 0.3) is 0 Å². The number of carbonyl (C=O) groups excluding carboxylic acids is 1. The van der Waals surface area contributed by atoms with E-state index in [4.69, 9.17) is 8.85 Å². The van der Waals surface area contributed by atoms with Crippen molar-refractivity contribution < 1.29 is 13.6 Å². The van der Waals surface area contributed by atoms with Crippen LogP contribution in [0.15, 0.2) is 0 Å². The molecule has 1 aliphatic rings. The number of ether oxygens (including phenoxy) is 1. The second-order valence-corrected chi connectivity index (χ2v) is 2.03. The van der Waals surface area contributed by atoms with Crippen LogP contribution in [0.2, 0.25) is 0 Å². The molecule has 0 aromatic rings. The Morgan fingerprint density at radius 3 is 3.22 bits per heavy atom. The quantitative estimate of drug-likeness (QED) is 0.531. The van der Waals surface area contributed by atoms with Crippen LogP contribution in [0.5, 0.6) is 0 Å². The van der Waals surface area contributed by atoms with Gasteiger partial charge >= 0.3 is 0 Å². The van der Waals surface area contributed by atoms with Gasteiger partial charge in [-0.25, -0.2) is 0 Å². The predicted octanol–water partition coefficient (Wildman–Crippen LogP) is -0.274. The van der Waals surface area contributed by atoms with Gasteiger partial charge in [0, 0.05) is 17.0 Å². The lowest BCUT2D eigenvalue weighted by atomic mass is 10.0. The molecule has 1 radical (unpaired) electrons. The van der Waals surface area contributed by atoms with Crippen LogP contribution in [0.1, 0.15) is 11.0 Å². The van der Waals surface area contributed by atoms with E-state index < -0.39 is 19.0 Å². The molecule has 0 aromatic heterocycles. The van der Waals surface area contributed by atoms with Gasteiger partial charge < -0.3 is 10.1 Å². The van der Waals surface area contributed by atoms with Crippen molar-refractivity contribution >= 4 is 5.91 Å². The highest BCUT2D eigenvalue weighted by atomic mass is 16.5. The maximum absolute atomic E-state index is 11.0. The van der Waals surface area contributed by atoms with Gasteiger partial charge in [0.15, 0.2) is 0 Å². The number of rotatable bonds is 1. The third-order valence-electron chi connectivity index (χ3n) is 1.29. The highest BCUT2D eigenvalue weighted by Gasteiger charge is 2.34. The Kier molecular flexibility index (Phi) is 0.931. The first-order chi connectivity index (χ1) is 5.40. The summed E-state index contributed by atoms with van der Waals surface area (Å²) in [5.41, 5.74) is 0. The molecular weight excluding hydrogens is 118 g/mol. The summed E-state index contributed by atoms with van der Waals surface area (Å²) in [6, 6.07) is 0. The molecule has 1 amide bonds. The molecule has 1 aliphatic heterocycles. The van der Waals surface area contributed by atoms with Gasteiger partial charge in [0.05, 0.1) is 6.61 Å². The third kappa shape index (κ3) is 1.05. The van der Waals surface area contributed by atoms with Crippen molar-refractivity contribution in [3.05, 3.63) is 5.92 Å². The number of carbonyl (C=O) groups is 1. The lowest BCUT2D eigenvalue weighted by Gasteiger charge is -2.31. The molecule has 1 N–H and O–H groups in total. The molecule has 1 atom stereocenters. The van der Waals surface area contributed by atoms with Crippen molar-refractivity contribution in [1.29, 1.82) is 0 Å². The van der Waals surface area contributed by atoms with Crippen molar-refractivity contribution in [1.82, 2.24) is 5.32 Å². The zero-order valence-corrected chi connectivity index (χ0v) is 5.10. The average molecular weight is 131 g/mol. The van der Waals surface area contributed by atoms with E-state index in [-0.39, 0.29) is 0 Å². The van der Waals surface area contributed by atoms with E-state index in [1.807, 2.05) is 5.32 Å². The van der Waals surface area contributed by atoms with Crippen molar-refractivity contribution in [2.24, 2.45) is 0 Å². The van der Waals surface area contributed by atoms with Gasteiger partial charge in [-0.15, -0.1) is 0 Å². The fourth-order valence-electron chi connectivity index (χ4n) is 0.698. The smallest absolute Gasteiger partial charge is 0.249 e. The van der Waals surface area contributed by atoms with Crippen molar-refractivity contribution in [3.8, 4) is 0 Å². The van der Waals surface area contributed by atoms with Crippen LogP contribution in [-0.2, 0) is 9.53 Å². The Labute approximate surface area is 58.6 Å². The molecule has 0 aromatic carbocycles. The van der Waals surface area contributed by atoms with Gasteiger partial charge in [0.2, 0.25) is 5.91 Å². The van der Waals surface area contributed by atoms with Crippen LogP contribution < -0.4 is 5.32 Å². The van der Waals surface area contributed by atoms with E-state index in [0.717, 1.165) is 5.92 Å². The first kappa shape index (κ1) is 3.56. The fourth-order valence-corrected chi connectivity index (χ4v) is 0.698. The van der Waals surface area contributed by atoms with E-state index in [1.165, 1.54) is 0 Å². The van der Waals surface area contributed by atoms with Gasteiger partial charge in [0.1, 0.15) is 6.10 Å². The highest BCUT2D eigenvalue weighted by molar-refractivity contribution is 5.83. The minimum absolute atomic E-state index is 0.444. The third-order valence-corrected chi connectivity index (χ3v) is 1.29. The first-order valence-electron chi connectivity index (χ1n) is 4.16. The standard InChI is InChI=1S/C6H10NO2/c1-4-3-9-5(4)6(8)7-2/h5H,3H2,1-2H3,(H,7,8)/i2D3. The zero-order valence-electron chi connectivity index (χ0n) is 8.10. The van der Waals surface area contributed by atoms with Crippen LogP contribution in [0.3, 0.4) is 0 Å². The molecule has 3 nitrogen and oxygen atoms in total. The molecule has 0 spiro atoms. The molecule has 1 rings (SSSR count). The minimum Gasteiger partial charge on any atom is -0.367 e.